The predicted molar refractivity (Wildman–Crippen MR) is 107 cm³/mol. The third-order valence-electron chi connectivity index (χ3n) is 4.02. The summed E-state index contributed by atoms with van der Waals surface area (Å²) in [5.74, 6) is -1.91. The van der Waals surface area contributed by atoms with Crippen LogP contribution in [0.3, 0.4) is 0 Å². The summed E-state index contributed by atoms with van der Waals surface area (Å²) < 4.78 is 4.90. The van der Waals surface area contributed by atoms with Crippen molar-refractivity contribution in [2.75, 3.05) is 11.9 Å². The van der Waals surface area contributed by atoms with Crippen LogP contribution in [-0.4, -0.2) is 47.5 Å². The number of carbonyl (C=O) groups is 4. The molecule has 0 spiro atoms. The van der Waals surface area contributed by atoms with Crippen molar-refractivity contribution in [3.63, 3.8) is 0 Å². The number of anilines is 1. The molecular formula is C20H29N3O6. The first kappa shape index (κ1) is 24.1. The van der Waals surface area contributed by atoms with Crippen LogP contribution in [0.2, 0.25) is 0 Å². The van der Waals surface area contributed by atoms with Crippen molar-refractivity contribution in [2.24, 2.45) is 5.92 Å². The van der Waals surface area contributed by atoms with Crippen molar-refractivity contribution in [1.82, 2.24) is 10.6 Å². The lowest BCUT2D eigenvalue weighted by molar-refractivity contribution is -0.142. The average Bonchev–Trinajstić information content (AvgIpc) is 2.65. The Morgan fingerprint density at radius 2 is 1.62 bits per heavy atom. The Morgan fingerprint density at radius 3 is 2.14 bits per heavy atom. The zero-order valence-electron chi connectivity index (χ0n) is 17.2. The highest BCUT2D eigenvalue weighted by molar-refractivity contribution is 5.98. The summed E-state index contributed by atoms with van der Waals surface area (Å²) >= 11 is 0. The molecular weight excluding hydrogens is 378 g/mol. The topological polar surface area (TPSA) is 134 Å². The highest BCUT2D eigenvalue weighted by Gasteiger charge is 2.26. The maximum Gasteiger partial charge on any atom is 0.302 e. The van der Waals surface area contributed by atoms with Gasteiger partial charge in [0.05, 0.1) is 6.61 Å². The second-order valence-corrected chi connectivity index (χ2v) is 6.96. The van der Waals surface area contributed by atoms with Crippen molar-refractivity contribution >= 4 is 29.4 Å². The first-order valence-corrected chi connectivity index (χ1v) is 9.37. The number of carbonyl (C=O) groups excluding carboxylic acids is 4. The van der Waals surface area contributed by atoms with Crippen LogP contribution in [0.1, 0.15) is 39.7 Å². The van der Waals surface area contributed by atoms with Gasteiger partial charge in [-0.2, -0.15) is 0 Å². The highest BCUT2D eigenvalue weighted by atomic mass is 16.5. The lowest BCUT2D eigenvalue weighted by Gasteiger charge is -2.23. The minimum absolute atomic E-state index is 0.0972. The van der Waals surface area contributed by atoms with Crippen LogP contribution in [0.25, 0.3) is 0 Å². The summed E-state index contributed by atoms with van der Waals surface area (Å²) in [6.07, 6.45) is -0.0972. The number of hydrogen-bond acceptors (Lipinski definition) is 6. The number of benzene rings is 1. The van der Waals surface area contributed by atoms with E-state index in [1.54, 1.807) is 38.1 Å². The van der Waals surface area contributed by atoms with Gasteiger partial charge >= 0.3 is 5.97 Å². The van der Waals surface area contributed by atoms with E-state index in [-0.39, 0.29) is 31.5 Å². The molecule has 2 atom stereocenters. The third-order valence-corrected chi connectivity index (χ3v) is 4.02. The van der Waals surface area contributed by atoms with Gasteiger partial charge in [0.1, 0.15) is 18.7 Å². The highest BCUT2D eigenvalue weighted by Crippen LogP contribution is 2.11. The molecule has 0 aliphatic rings. The second kappa shape index (κ2) is 11.8. The molecule has 0 aliphatic carbocycles. The van der Waals surface area contributed by atoms with Gasteiger partial charge in [-0.05, 0) is 30.5 Å². The summed E-state index contributed by atoms with van der Waals surface area (Å²) in [5, 5.41) is 16.7. The Kier molecular flexibility index (Phi) is 9.81. The van der Waals surface area contributed by atoms with E-state index in [9.17, 15) is 19.2 Å². The van der Waals surface area contributed by atoms with E-state index in [0.29, 0.717) is 5.69 Å². The second-order valence-electron chi connectivity index (χ2n) is 6.96. The van der Waals surface area contributed by atoms with Gasteiger partial charge in [0.25, 0.3) is 0 Å². The number of ether oxygens (including phenoxy) is 1. The van der Waals surface area contributed by atoms with Crippen LogP contribution in [0.15, 0.2) is 24.3 Å². The van der Waals surface area contributed by atoms with Crippen molar-refractivity contribution in [1.29, 1.82) is 0 Å². The molecule has 9 nitrogen and oxygen atoms in total. The first-order chi connectivity index (χ1) is 13.6. The Labute approximate surface area is 170 Å². The molecule has 0 saturated heterocycles. The molecule has 29 heavy (non-hydrogen) atoms. The van der Waals surface area contributed by atoms with Gasteiger partial charge in [-0.25, -0.2) is 0 Å². The van der Waals surface area contributed by atoms with Gasteiger partial charge in [-0.15, -0.1) is 0 Å². The molecule has 0 bridgehead atoms. The van der Waals surface area contributed by atoms with Crippen LogP contribution in [0.5, 0.6) is 0 Å². The maximum absolute atomic E-state index is 12.5. The minimum Gasteiger partial charge on any atom is -0.461 e. The summed E-state index contributed by atoms with van der Waals surface area (Å²) in [4.78, 5) is 47.3. The van der Waals surface area contributed by atoms with Crippen molar-refractivity contribution in [3.05, 3.63) is 29.8 Å². The van der Waals surface area contributed by atoms with E-state index in [2.05, 4.69) is 16.0 Å². The monoisotopic (exact) mass is 407 g/mol. The number of nitrogens with one attached hydrogen (secondary N) is 3. The van der Waals surface area contributed by atoms with Crippen molar-refractivity contribution in [3.8, 4) is 0 Å². The van der Waals surface area contributed by atoms with Crippen molar-refractivity contribution in [2.45, 2.75) is 52.8 Å². The van der Waals surface area contributed by atoms with Gasteiger partial charge in [-0.1, -0.05) is 26.0 Å². The number of amides is 3. The summed E-state index contributed by atoms with van der Waals surface area (Å²) in [7, 11) is 0. The molecule has 160 valence electrons. The SMILES string of the molecule is CC(=O)OCc1ccc(NC(=O)[C@H](C)NC(=O)[C@@H](NC(=O)CCO)C(C)C)cc1. The van der Waals surface area contributed by atoms with Gasteiger partial charge in [0.2, 0.25) is 17.7 Å². The summed E-state index contributed by atoms with van der Waals surface area (Å²) in [6, 6.07) is 5.11. The first-order valence-electron chi connectivity index (χ1n) is 9.37. The molecule has 0 radical (unpaired) electrons. The van der Waals surface area contributed by atoms with Gasteiger partial charge in [0.15, 0.2) is 0 Å². The molecule has 9 heteroatoms. The Hall–Kier alpha value is -2.94. The lowest BCUT2D eigenvalue weighted by atomic mass is 10.0. The molecule has 0 unspecified atom stereocenters. The van der Waals surface area contributed by atoms with E-state index in [0.717, 1.165) is 5.56 Å². The number of hydrogen-bond donors (Lipinski definition) is 4. The Morgan fingerprint density at radius 1 is 1.00 bits per heavy atom. The van der Waals surface area contributed by atoms with Gasteiger partial charge in [0, 0.05) is 19.0 Å². The molecule has 0 aliphatic heterocycles. The van der Waals surface area contributed by atoms with Crippen molar-refractivity contribution < 1.29 is 29.0 Å². The largest absolute Gasteiger partial charge is 0.461 e. The molecule has 0 fully saturated rings. The third kappa shape index (κ3) is 8.73. The van der Waals surface area contributed by atoms with Crippen LogP contribution in [0.4, 0.5) is 5.69 Å². The fourth-order valence-corrected chi connectivity index (χ4v) is 2.37. The summed E-state index contributed by atoms with van der Waals surface area (Å²) in [5.41, 5.74) is 1.30. The lowest BCUT2D eigenvalue weighted by Crippen LogP contribution is -2.53. The molecule has 0 heterocycles. The van der Waals surface area contributed by atoms with E-state index < -0.39 is 29.8 Å². The summed E-state index contributed by atoms with van der Waals surface area (Å²) in [6.45, 7) is 6.24. The number of aliphatic hydroxyl groups excluding tert-OH is 1. The fraction of sp³-hybridized carbons (Fsp3) is 0.500. The minimum atomic E-state index is -0.834. The van der Waals surface area contributed by atoms with E-state index in [1.165, 1.54) is 13.8 Å². The standard InChI is InChI=1S/C20H29N3O6/c1-12(2)18(23-17(26)9-10-24)20(28)21-13(3)19(27)22-16-7-5-15(6-8-16)11-29-14(4)25/h5-8,12-13,18,24H,9-11H2,1-4H3,(H,21,28)(H,22,27)(H,23,26)/t13-,18-/m0/s1. The van der Waals surface area contributed by atoms with Crippen LogP contribution < -0.4 is 16.0 Å². The number of esters is 1. The molecule has 0 saturated carbocycles. The Balaban J connectivity index is 2.62. The zero-order valence-corrected chi connectivity index (χ0v) is 17.2. The molecule has 3 amide bonds. The zero-order chi connectivity index (χ0) is 22.0. The fourth-order valence-electron chi connectivity index (χ4n) is 2.37. The predicted octanol–water partition coefficient (Wildman–Crippen LogP) is 0.716. The van der Waals surface area contributed by atoms with Crippen LogP contribution in [-0.2, 0) is 30.5 Å². The van der Waals surface area contributed by atoms with Gasteiger partial charge < -0.3 is 25.8 Å². The maximum atomic E-state index is 12.5. The molecule has 1 aromatic rings. The molecule has 1 aromatic carbocycles. The molecule has 0 aromatic heterocycles. The molecule has 1 rings (SSSR count). The smallest absolute Gasteiger partial charge is 0.302 e. The van der Waals surface area contributed by atoms with E-state index >= 15 is 0 Å². The van der Waals surface area contributed by atoms with Crippen LogP contribution in [0, 0.1) is 5.92 Å². The number of aliphatic hydroxyl groups is 1. The Bertz CT molecular complexity index is 717. The average molecular weight is 407 g/mol. The van der Waals surface area contributed by atoms with Gasteiger partial charge in [-0.3, -0.25) is 19.2 Å². The number of rotatable bonds is 10. The van der Waals surface area contributed by atoms with Crippen LogP contribution >= 0.6 is 0 Å². The quantitative estimate of drug-likeness (QED) is 0.422. The normalized spacial score (nSPS) is 12.6. The molecule has 4 N–H and O–H groups in total. The van der Waals surface area contributed by atoms with E-state index in [4.69, 9.17) is 9.84 Å². The van der Waals surface area contributed by atoms with E-state index in [1.807, 2.05) is 0 Å².